The average Bonchev–Trinajstić information content (AvgIpc) is 3.54. The van der Waals surface area contributed by atoms with Crippen molar-refractivity contribution >= 4 is 17.2 Å². The molecule has 2 aliphatic heterocycles. The lowest BCUT2D eigenvalue weighted by molar-refractivity contribution is -0.131. The van der Waals surface area contributed by atoms with Crippen molar-refractivity contribution in [3.05, 3.63) is 90.1 Å². The summed E-state index contributed by atoms with van der Waals surface area (Å²) in [5.41, 5.74) is 3.33. The molecule has 1 fully saturated rings. The van der Waals surface area contributed by atoms with E-state index >= 15 is 0 Å². The van der Waals surface area contributed by atoms with Gasteiger partial charge in [0.05, 0.1) is 11.4 Å². The number of para-hydroxylation sites is 1. The van der Waals surface area contributed by atoms with Gasteiger partial charge in [0.2, 0.25) is 12.7 Å². The van der Waals surface area contributed by atoms with Crippen molar-refractivity contribution in [3.63, 3.8) is 0 Å². The van der Waals surface area contributed by atoms with Crippen LogP contribution in [0.5, 0.6) is 11.5 Å². The first-order valence-electron chi connectivity index (χ1n) is 11.8. The van der Waals surface area contributed by atoms with Crippen LogP contribution in [0.4, 0.5) is 10.1 Å². The Labute approximate surface area is 202 Å². The number of pyridine rings is 1. The van der Waals surface area contributed by atoms with Crippen LogP contribution in [-0.2, 0) is 4.79 Å². The van der Waals surface area contributed by atoms with Gasteiger partial charge in [-0.3, -0.25) is 4.79 Å². The predicted molar refractivity (Wildman–Crippen MR) is 129 cm³/mol. The maximum absolute atomic E-state index is 14.2. The van der Waals surface area contributed by atoms with Gasteiger partial charge in [0.1, 0.15) is 11.5 Å². The summed E-state index contributed by atoms with van der Waals surface area (Å²) >= 11 is 0. The Balaban J connectivity index is 1.25. The highest BCUT2D eigenvalue weighted by Gasteiger charge is 2.28. The van der Waals surface area contributed by atoms with Gasteiger partial charge in [0.25, 0.3) is 0 Å². The number of carbonyl (C=O) groups excluding carboxylic acids is 1. The number of aromatic nitrogens is 2. The van der Waals surface area contributed by atoms with Crippen molar-refractivity contribution in [1.82, 2.24) is 14.3 Å². The number of rotatable bonds is 5. The standard InChI is InChI=1S/C27H25FN4O3/c28-21-5-1-2-6-22(21)30-11-13-31(14-12-30)27(33)16-20(19-8-9-24-25(15-19)35-18-34-24)23-17-29-26-7-3-4-10-32(23)26/h1-10,15,17,20H,11-14,16,18H2/t20-/m0/s1. The van der Waals surface area contributed by atoms with E-state index in [1.54, 1.807) is 12.1 Å². The Morgan fingerprint density at radius 1 is 0.971 bits per heavy atom. The van der Waals surface area contributed by atoms with Crippen LogP contribution in [0.1, 0.15) is 23.6 Å². The molecule has 6 rings (SSSR count). The molecule has 7 nitrogen and oxygen atoms in total. The number of benzene rings is 2. The molecule has 1 saturated heterocycles. The Hall–Kier alpha value is -4.07. The van der Waals surface area contributed by atoms with Crippen LogP contribution in [0.3, 0.4) is 0 Å². The largest absolute Gasteiger partial charge is 0.454 e. The van der Waals surface area contributed by atoms with Crippen molar-refractivity contribution < 1.29 is 18.7 Å². The van der Waals surface area contributed by atoms with Crippen molar-refractivity contribution in [2.24, 2.45) is 0 Å². The van der Waals surface area contributed by atoms with E-state index in [-0.39, 0.29) is 24.4 Å². The van der Waals surface area contributed by atoms with Gasteiger partial charge < -0.3 is 23.7 Å². The van der Waals surface area contributed by atoms with Gasteiger partial charge in [-0.2, -0.15) is 0 Å². The number of imidazole rings is 1. The van der Waals surface area contributed by atoms with Crippen molar-refractivity contribution in [2.75, 3.05) is 37.9 Å². The molecule has 0 aliphatic carbocycles. The highest BCUT2D eigenvalue weighted by molar-refractivity contribution is 5.78. The molecule has 2 aromatic heterocycles. The van der Waals surface area contributed by atoms with E-state index < -0.39 is 0 Å². The molecular formula is C27H25FN4O3. The maximum atomic E-state index is 14.2. The number of hydrogen-bond acceptors (Lipinski definition) is 5. The first-order valence-corrected chi connectivity index (χ1v) is 11.8. The number of amides is 1. The molecule has 1 amide bonds. The number of carbonyl (C=O) groups is 1. The van der Waals surface area contributed by atoms with Crippen LogP contribution in [0.15, 0.2) is 73.1 Å². The molecular weight excluding hydrogens is 447 g/mol. The summed E-state index contributed by atoms with van der Waals surface area (Å²) in [6.07, 6.45) is 4.10. The molecule has 8 heteroatoms. The molecule has 4 heterocycles. The quantitative estimate of drug-likeness (QED) is 0.438. The Morgan fingerprint density at radius 2 is 1.77 bits per heavy atom. The third-order valence-corrected chi connectivity index (χ3v) is 6.81. The fourth-order valence-corrected chi connectivity index (χ4v) is 4.94. The second kappa shape index (κ2) is 8.94. The molecule has 0 radical (unpaired) electrons. The van der Waals surface area contributed by atoms with Gasteiger partial charge in [-0.1, -0.05) is 24.3 Å². The van der Waals surface area contributed by atoms with E-state index in [4.69, 9.17) is 9.47 Å². The topological polar surface area (TPSA) is 59.3 Å². The number of halogens is 1. The van der Waals surface area contributed by atoms with Gasteiger partial charge in [-0.05, 0) is 42.0 Å². The Kier molecular flexibility index (Phi) is 5.48. The summed E-state index contributed by atoms with van der Waals surface area (Å²) in [7, 11) is 0. The lowest BCUT2D eigenvalue weighted by Crippen LogP contribution is -2.49. The minimum Gasteiger partial charge on any atom is -0.454 e. The van der Waals surface area contributed by atoms with Gasteiger partial charge in [-0.15, -0.1) is 0 Å². The molecule has 0 unspecified atom stereocenters. The second-order valence-electron chi connectivity index (χ2n) is 8.80. The molecule has 0 N–H and O–H groups in total. The summed E-state index contributed by atoms with van der Waals surface area (Å²) in [4.78, 5) is 21.9. The van der Waals surface area contributed by atoms with Gasteiger partial charge in [0.15, 0.2) is 11.5 Å². The van der Waals surface area contributed by atoms with Crippen LogP contribution in [0.25, 0.3) is 5.65 Å². The molecule has 0 bridgehead atoms. The highest BCUT2D eigenvalue weighted by atomic mass is 19.1. The molecule has 178 valence electrons. The minimum absolute atomic E-state index is 0.0618. The first-order chi connectivity index (χ1) is 17.2. The van der Waals surface area contributed by atoms with Gasteiger partial charge >= 0.3 is 0 Å². The van der Waals surface area contributed by atoms with Crippen LogP contribution >= 0.6 is 0 Å². The van der Waals surface area contributed by atoms with E-state index in [0.717, 1.165) is 16.9 Å². The smallest absolute Gasteiger partial charge is 0.231 e. The highest BCUT2D eigenvalue weighted by Crippen LogP contribution is 2.38. The summed E-state index contributed by atoms with van der Waals surface area (Å²) in [6, 6.07) is 18.5. The fourth-order valence-electron chi connectivity index (χ4n) is 4.94. The fraction of sp³-hybridized carbons (Fsp3) is 0.259. The number of anilines is 1. The molecule has 2 aliphatic rings. The zero-order valence-electron chi connectivity index (χ0n) is 19.1. The normalized spacial score (nSPS) is 16.0. The average molecular weight is 473 g/mol. The number of fused-ring (bicyclic) bond motifs is 2. The lowest BCUT2D eigenvalue weighted by atomic mass is 9.91. The summed E-state index contributed by atoms with van der Waals surface area (Å²) in [6.45, 7) is 2.49. The molecule has 4 aromatic rings. The van der Waals surface area contributed by atoms with E-state index in [9.17, 15) is 9.18 Å². The van der Waals surface area contributed by atoms with E-state index in [1.807, 2.05) is 69.1 Å². The third-order valence-electron chi connectivity index (χ3n) is 6.81. The van der Waals surface area contributed by atoms with Crippen LogP contribution in [0.2, 0.25) is 0 Å². The molecule has 0 spiro atoms. The maximum Gasteiger partial charge on any atom is 0.231 e. The number of ether oxygens (including phenoxy) is 2. The number of nitrogens with zero attached hydrogens (tertiary/aromatic N) is 4. The van der Waals surface area contributed by atoms with Crippen molar-refractivity contribution in [1.29, 1.82) is 0 Å². The molecule has 2 aromatic carbocycles. The van der Waals surface area contributed by atoms with E-state index in [1.165, 1.54) is 6.07 Å². The molecule has 1 atom stereocenters. The molecule has 35 heavy (non-hydrogen) atoms. The van der Waals surface area contributed by atoms with Crippen LogP contribution in [0, 0.1) is 5.82 Å². The zero-order valence-corrected chi connectivity index (χ0v) is 19.1. The Morgan fingerprint density at radius 3 is 2.63 bits per heavy atom. The van der Waals surface area contributed by atoms with Crippen molar-refractivity contribution in [2.45, 2.75) is 12.3 Å². The predicted octanol–water partition coefficient (Wildman–Crippen LogP) is 4.07. The monoisotopic (exact) mass is 472 g/mol. The minimum atomic E-state index is -0.234. The number of hydrogen-bond donors (Lipinski definition) is 0. The van der Waals surface area contributed by atoms with Crippen molar-refractivity contribution in [3.8, 4) is 11.5 Å². The summed E-state index contributed by atoms with van der Waals surface area (Å²) in [5, 5.41) is 0. The molecule has 0 saturated carbocycles. The van der Waals surface area contributed by atoms with E-state index in [2.05, 4.69) is 4.98 Å². The van der Waals surface area contributed by atoms with Crippen LogP contribution in [-0.4, -0.2) is 53.2 Å². The van der Waals surface area contributed by atoms with Gasteiger partial charge in [0, 0.05) is 50.9 Å². The Bertz CT molecular complexity index is 1380. The third kappa shape index (κ3) is 4.05. The zero-order chi connectivity index (χ0) is 23.8. The SMILES string of the molecule is O=C(C[C@@H](c1ccc2c(c1)OCO2)c1cnc2ccccn12)N1CCN(c2ccccc2F)CC1. The van der Waals surface area contributed by atoms with E-state index in [0.29, 0.717) is 49.8 Å². The summed E-state index contributed by atoms with van der Waals surface area (Å²) in [5.74, 6) is 1.02. The van der Waals surface area contributed by atoms with Gasteiger partial charge in [-0.25, -0.2) is 9.37 Å². The van der Waals surface area contributed by atoms with Crippen LogP contribution < -0.4 is 14.4 Å². The lowest BCUT2D eigenvalue weighted by Gasteiger charge is -2.36. The first kappa shape index (κ1) is 21.5. The summed E-state index contributed by atoms with van der Waals surface area (Å²) < 4.78 is 27.3. The number of piperazine rings is 1. The second-order valence-corrected chi connectivity index (χ2v) is 8.80.